The predicted octanol–water partition coefficient (Wildman–Crippen LogP) is -0.642. The van der Waals surface area contributed by atoms with Crippen LogP contribution in [0.4, 0.5) is 0 Å². The minimum Gasteiger partial charge on any atom is -0.480 e. The summed E-state index contributed by atoms with van der Waals surface area (Å²) in [6, 6.07) is 13.6. The molecule has 234 valence electrons. The Balaban J connectivity index is 1.79. The highest BCUT2D eigenvalue weighted by atomic mass is 16.4. The number of benzene rings is 2. The van der Waals surface area contributed by atoms with E-state index in [4.69, 9.17) is 17.2 Å². The first kappa shape index (κ1) is 33.3. The summed E-state index contributed by atoms with van der Waals surface area (Å²) in [5, 5.41) is 17.7. The van der Waals surface area contributed by atoms with E-state index < -0.39 is 47.9 Å². The molecule has 4 unspecified atom stereocenters. The summed E-state index contributed by atoms with van der Waals surface area (Å²) in [4.78, 5) is 62.8. The molecule has 0 radical (unpaired) electrons. The highest BCUT2D eigenvalue weighted by Gasteiger charge is 2.30. The van der Waals surface area contributed by atoms with Gasteiger partial charge in [-0.25, -0.2) is 9.78 Å². The Morgan fingerprint density at radius 1 is 0.795 bits per heavy atom. The molecule has 1 heterocycles. The first-order valence-corrected chi connectivity index (χ1v) is 14.1. The molecular formula is C30H39N9O5. The maximum atomic E-state index is 13.7. The number of nitrogens with two attached hydrogens (primary N) is 3. The molecule has 11 N–H and O–H groups in total. The quantitative estimate of drug-likeness (QED) is 0.0553. The van der Waals surface area contributed by atoms with E-state index in [1.165, 1.54) is 6.33 Å². The van der Waals surface area contributed by atoms with Crippen molar-refractivity contribution in [2.45, 2.75) is 56.3 Å². The number of carbonyl (C=O) groups is 4. The topological polar surface area (TPSA) is 244 Å². The van der Waals surface area contributed by atoms with Crippen molar-refractivity contribution in [3.63, 3.8) is 0 Å². The second-order valence-electron chi connectivity index (χ2n) is 10.2. The molecule has 14 heteroatoms. The molecule has 1 aromatic heterocycles. The number of aromatic amines is 1. The van der Waals surface area contributed by atoms with Crippen LogP contribution in [0.2, 0.25) is 0 Å². The summed E-state index contributed by atoms with van der Waals surface area (Å²) in [7, 11) is 0. The first-order chi connectivity index (χ1) is 21.1. The van der Waals surface area contributed by atoms with Crippen LogP contribution >= 0.6 is 0 Å². The van der Waals surface area contributed by atoms with Gasteiger partial charge in [-0.15, -0.1) is 0 Å². The van der Waals surface area contributed by atoms with Gasteiger partial charge >= 0.3 is 5.97 Å². The standard InChI is InChI=1S/C30H39N9O5/c31-22(16-21-17-34-18-36-21)26(40)38-24(14-19-8-3-1-4-9-19)28(42)39-25(15-20-10-5-2-6-11-20)27(41)37-23(29(43)44)12-7-13-35-30(32)33/h1-6,8-11,17-18,22-25H,7,12-16,31H2,(H,34,36)(H,37,41)(H,38,40)(H,39,42)(H,43,44)(H4,32,33,35). The van der Waals surface area contributed by atoms with Crippen molar-refractivity contribution >= 4 is 29.7 Å². The Bertz CT molecular complexity index is 1380. The fourth-order valence-electron chi connectivity index (χ4n) is 4.43. The second-order valence-corrected chi connectivity index (χ2v) is 10.2. The van der Waals surface area contributed by atoms with Crippen LogP contribution in [0.1, 0.15) is 29.7 Å². The van der Waals surface area contributed by atoms with Crippen LogP contribution in [-0.4, -0.2) is 75.4 Å². The lowest BCUT2D eigenvalue weighted by molar-refractivity contribution is -0.142. The molecule has 3 amide bonds. The van der Waals surface area contributed by atoms with E-state index in [0.717, 1.165) is 11.1 Å². The highest BCUT2D eigenvalue weighted by molar-refractivity contribution is 5.94. The van der Waals surface area contributed by atoms with E-state index in [2.05, 4.69) is 30.9 Å². The van der Waals surface area contributed by atoms with Gasteiger partial charge in [0.1, 0.15) is 18.1 Å². The number of hydrogen-bond donors (Lipinski definition) is 8. The number of carboxylic acid groups (broad SMARTS) is 1. The number of carboxylic acids is 1. The molecule has 2 aromatic carbocycles. The zero-order valence-electron chi connectivity index (χ0n) is 24.2. The number of H-pyrrole nitrogens is 1. The van der Waals surface area contributed by atoms with Crippen LogP contribution in [-0.2, 0) is 38.4 Å². The zero-order chi connectivity index (χ0) is 31.9. The second kappa shape index (κ2) is 17.0. The number of nitrogens with zero attached hydrogens (tertiary/aromatic N) is 2. The lowest BCUT2D eigenvalue weighted by atomic mass is 10.0. The van der Waals surface area contributed by atoms with Crippen LogP contribution in [0.3, 0.4) is 0 Å². The van der Waals surface area contributed by atoms with Gasteiger partial charge in [0, 0.05) is 37.7 Å². The molecule has 4 atom stereocenters. The van der Waals surface area contributed by atoms with Gasteiger partial charge in [0.2, 0.25) is 17.7 Å². The van der Waals surface area contributed by atoms with Crippen molar-refractivity contribution in [1.82, 2.24) is 25.9 Å². The van der Waals surface area contributed by atoms with Crippen LogP contribution in [0, 0.1) is 0 Å². The smallest absolute Gasteiger partial charge is 0.326 e. The molecule has 0 fully saturated rings. The van der Waals surface area contributed by atoms with Gasteiger partial charge in [0.05, 0.1) is 12.4 Å². The van der Waals surface area contributed by atoms with Crippen molar-refractivity contribution < 1.29 is 24.3 Å². The molecule has 14 nitrogen and oxygen atoms in total. The third-order valence-corrected chi connectivity index (χ3v) is 6.72. The number of nitrogens with one attached hydrogen (secondary N) is 4. The Morgan fingerprint density at radius 3 is 1.80 bits per heavy atom. The van der Waals surface area contributed by atoms with Gasteiger partial charge < -0.3 is 43.2 Å². The Hall–Kier alpha value is -5.24. The SMILES string of the molecule is NC(N)=NCCCC(NC(=O)C(Cc1ccccc1)NC(=O)C(Cc1ccccc1)NC(=O)C(N)Cc1cnc[nH]1)C(=O)O. The van der Waals surface area contributed by atoms with Crippen molar-refractivity contribution in [2.24, 2.45) is 22.2 Å². The minimum absolute atomic E-state index is 0.0603. The summed E-state index contributed by atoms with van der Waals surface area (Å²) in [6.45, 7) is 0.190. The van der Waals surface area contributed by atoms with Crippen molar-refractivity contribution in [3.8, 4) is 0 Å². The number of aromatic nitrogens is 2. The maximum Gasteiger partial charge on any atom is 0.326 e. The van der Waals surface area contributed by atoms with Crippen LogP contribution in [0.15, 0.2) is 78.2 Å². The number of amides is 3. The monoisotopic (exact) mass is 605 g/mol. The molecule has 0 aliphatic carbocycles. The van der Waals surface area contributed by atoms with Gasteiger partial charge in [0.25, 0.3) is 0 Å². The number of carbonyl (C=O) groups excluding carboxylic acids is 3. The molecule has 0 aliphatic rings. The van der Waals surface area contributed by atoms with Crippen molar-refractivity contribution in [3.05, 3.63) is 90.0 Å². The van der Waals surface area contributed by atoms with Gasteiger partial charge in [-0.05, 0) is 24.0 Å². The number of rotatable bonds is 17. The maximum absolute atomic E-state index is 13.7. The number of hydrogen-bond acceptors (Lipinski definition) is 7. The molecular weight excluding hydrogens is 566 g/mol. The van der Waals surface area contributed by atoms with Gasteiger partial charge in [-0.3, -0.25) is 19.4 Å². The van der Waals surface area contributed by atoms with E-state index in [1.54, 1.807) is 42.6 Å². The fourth-order valence-corrected chi connectivity index (χ4v) is 4.43. The lowest BCUT2D eigenvalue weighted by Crippen LogP contribution is -2.58. The Kier molecular flexibility index (Phi) is 12.9. The molecule has 0 bridgehead atoms. The van der Waals surface area contributed by atoms with E-state index in [1.807, 2.05) is 24.3 Å². The fraction of sp³-hybridized carbons (Fsp3) is 0.333. The molecule has 0 saturated carbocycles. The molecule has 3 rings (SSSR count). The highest BCUT2D eigenvalue weighted by Crippen LogP contribution is 2.09. The van der Waals surface area contributed by atoms with Crippen molar-refractivity contribution in [1.29, 1.82) is 0 Å². The number of guanidine groups is 1. The molecule has 3 aromatic rings. The van der Waals surface area contributed by atoms with Crippen LogP contribution in [0.25, 0.3) is 0 Å². The van der Waals surface area contributed by atoms with E-state index >= 15 is 0 Å². The van der Waals surface area contributed by atoms with Gasteiger partial charge in [0.15, 0.2) is 5.96 Å². The average molecular weight is 606 g/mol. The molecule has 0 spiro atoms. The lowest BCUT2D eigenvalue weighted by Gasteiger charge is -2.25. The summed E-state index contributed by atoms with van der Waals surface area (Å²) in [5.74, 6) is -3.26. The summed E-state index contributed by atoms with van der Waals surface area (Å²) >= 11 is 0. The number of aliphatic carboxylic acids is 1. The van der Waals surface area contributed by atoms with E-state index in [-0.39, 0.29) is 38.2 Å². The van der Waals surface area contributed by atoms with Crippen LogP contribution < -0.4 is 33.2 Å². The van der Waals surface area contributed by atoms with Crippen molar-refractivity contribution in [2.75, 3.05) is 6.54 Å². The predicted molar refractivity (Wildman–Crippen MR) is 164 cm³/mol. The van der Waals surface area contributed by atoms with E-state index in [0.29, 0.717) is 12.1 Å². The van der Waals surface area contributed by atoms with E-state index in [9.17, 15) is 24.3 Å². The largest absolute Gasteiger partial charge is 0.480 e. The zero-order valence-corrected chi connectivity index (χ0v) is 24.2. The first-order valence-electron chi connectivity index (χ1n) is 14.1. The van der Waals surface area contributed by atoms with Crippen LogP contribution in [0.5, 0.6) is 0 Å². The number of aliphatic imine (C=N–C) groups is 1. The van der Waals surface area contributed by atoms with Gasteiger partial charge in [-0.1, -0.05) is 60.7 Å². The third-order valence-electron chi connectivity index (χ3n) is 6.72. The Morgan fingerprint density at radius 2 is 1.32 bits per heavy atom. The minimum atomic E-state index is -1.24. The summed E-state index contributed by atoms with van der Waals surface area (Å²) < 4.78 is 0. The molecule has 0 saturated heterocycles. The summed E-state index contributed by atoms with van der Waals surface area (Å²) in [6.07, 6.45) is 3.76. The Labute approximate surface area is 254 Å². The van der Waals surface area contributed by atoms with Gasteiger partial charge in [-0.2, -0.15) is 0 Å². The number of imidazole rings is 1. The molecule has 0 aliphatic heterocycles. The average Bonchev–Trinajstić information content (AvgIpc) is 3.51. The summed E-state index contributed by atoms with van der Waals surface area (Å²) in [5.41, 5.74) is 18.9. The third kappa shape index (κ3) is 11.2. The molecule has 44 heavy (non-hydrogen) atoms. The normalized spacial score (nSPS) is 13.5.